The van der Waals surface area contributed by atoms with Crippen molar-refractivity contribution in [1.29, 1.82) is 0 Å². The number of carbonyl (C=O) groups is 1. The number of anilines is 2. The van der Waals surface area contributed by atoms with Crippen molar-refractivity contribution in [1.82, 2.24) is 14.9 Å². The molecule has 61 heavy (non-hydrogen) atoms. The fourth-order valence-electron chi connectivity index (χ4n) is 6.41. The lowest BCUT2D eigenvalue weighted by atomic mass is 9.96. The van der Waals surface area contributed by atoms with Gasteiger partial charge >= 0.3 is 6.09 Å². The van der Waals surface area contributed by atoms with Crippen LogP contribution in [-0.4, -0.2) is 157 Å². The Labute approximate surface area is 360 Å². The number of likely N-dealkylation sites (N-methyl/N-ethyl adjacent to an activating group) is 1. The van der Waals surface area contributed by atoms with Gasteiger partial charge in [0.05, 0.1) is 84.3 Å². The zero-order chi connectivity index (χ0) is 43.6. The molecule has 1 aliphatic heterocycles. The summed E-state index contributed by atoms with van der Waals surface area (Å²) in [5.74, 6) is 0.108. The van der Waals surface area contributed by atoms with E-state index in [0.717, 1.165) is 10.8 Å². The highest BCUT2D eigenvalue weighted by molar-refractivity contribution is 6.35. The number of nitrogens with zero attached hydrogens (tertiary/aromatic N) is 8. The smallest absolute Gasteiger partial charge is 0.410 e. The Hall–Kier alpha value is -4.78. The van der Waals surface area contributed by atoms with Gasteiger partial charge in [-0.05, 0) is 60.8 Å². The van der Waals surface area contributed by atoms with Crippen molar-refractivity contribution >= 4 is 51.1 Å². The minimum atomic E-state index is -0.640. The standard InChI is InChI=1S/C42H56ClFN8O9/c1-42(2,3)61-41(54)52-12-10-51(11-13-52)39-34-29-35(43)36(33-28-31(53)27-30-7-5-6-8-32(30)33)37(44)38(34)47-40(48-39)50(4)14-16-56-18-20-58-22-24-60-26-25-59-23-21-57-19-17-55-15-9-46-49-45/h5-8,27-29,53H,9-26H2,1-4H3. The van der Waals surface area contributed by atoms with Crippen molar-refractivity contribution in [2.24, 2.45) is 5.11 Å². The fourth-order valence-corrected chi connectivity index (χ4v) is 6.70. The highest BCUT2D eigenvalue weighted by Crippen LogP contribution is 2.42. The summed E-state index contributed by atoms with van der Waals surface area (Å²) < 4.78 is 55.7. The summed E-state index contributed by atoms with van der Waals surface area (Å²) in [6.45, 7) is 12.7. The SMILES string of the molecule is CN(CCOCCOCCOCCOCCOCCOCCN=[N+]=[N-])c1nc(N2CCN(C(=O)OC(C)(C)C)CC2)c2cc(Cl)c(-c3cc(O)cc4ccccc34)c(F)c2n1. The van der Waals surface area contributed by atoms with Crippen LogP contribution in [0.4, 0.5) is 21.0 Å². The molecule has 0 bridgehead atoms. The molecule has 0 unspecified atom stereocenters. The number of ether oxygens (including phenoxy) is 7. The molecule has 19 heteroatoms. The zero-order valence-electron chi connectivity index (χ0n) is 35.3. The van der Waals surface area contributed by atoms with Crippen molar-refractivity contribution in [2.75, 3.05) is 135 Å². The Morgan fingerprint density at radius 2 is 1.43 bits per heavy atom. The Kier molecular flexibility index (Phi) is 18.6. The summed E-state index contributed by atoms with van der Waals surface area (Å²) in [6, 6.07) is 12.2. The molecule has 0 atom stereocenters. The number of azide groups is 1. The predicted octanol–water partition coefficient (Wildman–Crippen LogP) is 6.85. The van der Waals surface area contributed by atoms with Crippen molar-refractivity contribution in [2.45, 2.75) is 26.4 Å². The van der Waals surface area contributed by atoms with Crippen LogP contribution in [0.5, 0.6) is 5.75 Å². The molecule has 0 saturated carbocycles. The van der Waals surface area contributed by atoms with Crippen molar-refractivity contribution in [3.63, 3.8) is 0 Å². The van der Waals surface area contributed by atoms with Crippen LogP contribution >= 0.6 is 11.6 Å². The maximum absolute atomic E-state index is 17.0. The molecule has 4 aromatic rings. The quantitative estimate of drug-likeness (QED) is 0.0334. The molecule has 0 spiro atoms. The van der Waals surface area contributed by atoms with Crippen LogP contribution in [0.1, 0.15) is 20.8 Å². The van der Waals surface area contributed by atoms with Gasteiger partial charge in [-0.25, -0.2) is 14.2 Å². The van der Waals surface area contributed by atoms with E-state index in [9.17, 15) is 9.90 Å². The number of benzene rings is 3. The maximum atomic E-state index is 17.0. The highest BCUT2D eigenvalue weighted by atomic mass is 35.5. The Morgan fingerprint density at radius 1 is 0.852 bits per heavy atom. The summed E-state index contributed by atoms with van der Waals surface area (Å²) in [4.78, 5) is 30.6. The van der Waals surface area contributed by atoms with E-state index >= 15 is 4.39 Å². The summed E-state index contributed by atoms with van der Waals surface area (Å²) in [7, 11) is 1.81. The second-order valence-corrected chi connectivity index (χ2v) is 15.4. The first-order valence-electron chi connectivity index (χ1n) is 20.3. The van der Waals surface area contributed by atoms with E-state index in [1.54, 1.807) is 21.9 Å². The maximum Gasteiger partial charge on any atom is 0.410 e. The third-order valence-electron chi connectivity index (χ3n) is 9.37. The number of aromatic hydroxyl groups is 1. The molecule has 3 aromatic carbocycles. The van der Waals surface area contributed by atoms with Crippen LogP contribution in [0.2, 0.25) is 5.02 Å². The number of carbonyl (C=O) groups excluding carboxylic acids is 1. The van der Waals surface area contributed by atoms with Gasteiger partial charge in [0.15, 0.2) is 5.82 Å². The van der Waals surface area contributed by atoms with Crippen molar-refractivity contribution in [3.05, 3.63) is 63.7 Å². The molecule has 2 heterocycles. The first-order chi connectivity index (χ1) is 29.5. The second-order valence-electron chi connectivity index (χ2n) is 15.0. The molecule has 1 N–H and O–H groups in total. The third-order valence-corrected chi connectivity index (χ3v) is 9.67. The number of hydrogen-bond acceptors (Lipinski definition) is 14. The summed E-state index contributed by atoms with van der Waals surface area (Å²) >= 11 is 6.90. The van der Waals surface area contributed by atoms with E-state index in [-0.39, 0.29) is 27.8 Å². The lowest BCUT2D eigenvalue weighted by molar-refractivity contribution is -0.0160. The van der Waals surface area contributed by atoms with Gasteiger partial charge in [-0.1, -0.05) is 41.0 Å². The summed E-state index contributed by atoms with van der Waals surface area (Å²) in [5.41, 5.74) is 8.22. The Bertz CT molecular complexity index is 2080. The molecular formula is C42H56ClFN8O9. The Balaban J connectivity index is 1.14. The number of piperazine rings is 1. The van der Waals surface area contributed by atoms with Crippen LogP contribution in [0.15, 0.2) is 47.6 Å². The molecule has 5 rings (SSSR count). The number of hydrogen-bond donors (Lipinski definition) is 1. The van der Waals surface area contributed by atoms with Crippen molar-refractivity contribution in [3.8, 4) is 16.9 Å². The number of fused-ring (bicyclic) bond motifs is 2. The van der Waals surface area contributed by atoms with Gasteiger partial charge in [-0.3, -0.25) is 0 Å². The van der Waals surface area contributed by atoms with Crippen LogP contribution in [0.25, 0.3) is 43.2 Å². The number of amides is 1. The number of phenols is 1. The van der Waals surface area contributed by atoms with Crippen molar-refractivity contribution < 1.29 is 47.4 Å². The summed E-state index contributed by atoms with van der Waals surface area (Å²) in [5, 5.41) is 16.0. The number of halogens is 2. The van der Waals surface area contributed by atoms with Crippen LogP contribution in [0, 0.1) is 5.82 Å². The third kappa shape index (κ3) is 14.4. The van der Waals surface area contributed by atoms with Gasteiger partial charge in [0.1, 0.15) is 22.7 Å². The number of phenolic OH excluding ortho intramolecular Hbond substituents is 1. The molecule has 1 amide bonds. The van der Waals surface area contributed by atoms with Gasteiger partial charge in [-0.15, -0.1) is 0 Å². The van der Waals surface area contributed by atoms with Crippen LogP contribution < -0.4 is 9.80 Å². The molecule has 17 nitrogen and oxygen atoms in total. The predicted molar refractivity (Wildman–Crippen MR) is 231 cm³/mol. The molecule has 0 aliphatic carbocycles. The normalized spacial score (nSPS) is 13.2. The first-order valence-corrected chi connectivity index (χ1v) is 20.7. The van der Waals surface area contributed by atoms with Crippen LogP contribution in [-0.2, 0) is 33.2 Å². The van der Waals surface area contributed by atoms with Gasteiger partial charge < -0.3 is 53.0 Å². The molecule has 1 aliphatic rings. The molecule has 1 aromatic heterocycles. The van der Waals surface area contributed by atoms with E-state index in [4.69, 9.17) is 60.3 Å². The average molecular weight is 871 g/mol. The molecule has 0 radical (unpaired) electrons. The lowest BCUT2D eigenvalue weighted by Crippen LogP contribution is -2.50. The van der Waals surface area contributed by atoms with E-state index in [0.29, 0.717) is 135 Å². The topological polar surface area (TPSA) is 186 Å². The highest BCUT2D eigenvalue weighted by Gasteiger charge is 2.29. The molecule has 1 saturated heterocycles. The van der Waals surface area contributed by atoms with E-state index in [1.165, 1.54) is 6.07 Å². The molecule has 332 valence electrons. The van der Waals surface area contributed by atoms with Gasteiger partial charge in [-0.2, -0.15) is 4.98 Å². The number of aromatic nitrogens is 2. The second kappa shape index (κ2) is 24.0. The average Bonchev–Trinajstić information content (AvgIpc) is 3.23. The van der Waals surface area contributed by atoms with Gasteiger partial charge in [0.2, 0.25) is 5.95 Å². The molecule has 1 fully saturated rings. The molecular weight excluding hydrogens is 815 g/mol. The zero-order valence-corrected chi connectivity index (χ0v) is 36.1. The first kappa shape index (κ1) is 47.3. The minimum Gasteiger partial charge on any atom is -0.508 e. The lowest BCUT2D eigenvalue weighted by Gasteiger charge is -2.36. The van der Waals surface area contributed by atoms with Gasteiger partial charge in [0.25, 0.3) is 0 Å². The van der Waals surface area contributed by atoms with Crippen LogP contribution in [0.3, 0.4) is 0 Å². The summed E-state index contributed by atoms with van der Waals surface area (Å²) in [6.07, 6.45) is -0.392. The minimum absolute atomic E-state index is 0.0182. The van der Waals surface area contributed by atoms with E-state index < -0.39 is 17.5 Å². The number of rotatable bonds is 24. The van der Waals surface area contributed by atoms with E-state index in [2.05, 4.69) is 10.0 Å². The van der Waals surface area contributed by atoms with Gasteiger partial charge in [0, 0.05) is 62.2 Å². The van der Waals surface area contributed by atoms with E-state index in [1.807, 2.05) is 57.0 Å². The fraction of sp³-hybridized carbons (Fsp3) is 0.548. The largest absolute Gasteiger partial charge is 0.508 e. The monoisotopic (exact) mass is 870 g/mol. The Morgan fingerprint density at radius 3 is 2.02 bits per heavy atom.